The van der Waals surface area contributed by atoms with Gasteiger partial charge in [0, 0.05) is 6.04 Å². The summed E-state index contributed by atoms with van der Waals surface area (Å²) in [7, 11) is 0. The van der Waals surface area contributed by atoms with Crippen LogP contribution in [0.1, 0.15) is 41.6 Å². The van der Waals surface area contributed by atoms with E-state index in [1.54, 1.807) is 0 Å². The summed E-state index contributed by atoms with van der Waals surface area (Å²) >= 11 is 0. The monoisotopic (exact) mass is 247 g/mol. The van der Waals surface area contributed by atoms with Crippen molar-refractivity contribution in [3.8, 4) is 0 Å². The molecule has 0 saturated heterocycles. The highest BCUT2D eigenvalue weighted by molar-refractivity contribution is 5.39. The standard InChI is InChI=1S/C16H25NO/c1-6-18-9-7-8-17-15(5)16-13(3)10-12(2)11-14(16)4/h6,10-11,15,17H,1,7-9H2,2-5H3. The topological polar surface area (TPSA) is 21.3 Å². The molecule has 0 spiro atoms. The molecule has 1 unspecified atom stereocenters. The van der Waals surface area contributed by atoms with Crippen LogP contribution in [-0.2, 0) is 4.74 Å². The number of hydrogen-bond donors (Lipinski definition) is 1. The predicted molar refractivity (Wildman–Crippen MR) is 77.8 cm³/mol. The van der Waals surface area contributed by atoms with E-state index < -0.39 is 0 Å². The number of hydrogen-bond acceptors (Lipinski definition) is 2. The number of rotatable bonds is 7. The van der Waals surface area contributed by atoms with Crippen LogP contribution in [-0.4, -0.2) is 13.2 Å². The molecule has 18 heavy (non-hydrogen) atoms. The van der Waals surface area contributed by atoms with E-state index in [-0.39, 0.29) is 0 Å². The molecule has 1 rings (SSSR count). The predicted octanol–water partition coefficient (Wildman–Crippen LogP) is 3.81. The number of benzene rings is 1. The normalized spacial score (nSPS) is 12.2. The molecule has 0 fully saturated rings. The van der Waals surface area contributed by atoms with Gasteiger partial charge in [-0.25, -0.2) is 0 Å². The molecular formula is C16H25NO. The Morgan fingerprint density at radius 3 is 2.44 bits per heavy atom. The van der Waals surface area contributed by atoms with Gasteiger partial charge in [0.15, 0.2) is 0 Å². The molecule has 1 aromatic carbocycles. The van der Waals surface area contributed by atoms with Crippen molar-refractivity contribution in [3.05, 3.63) is 47.2 Å². The molecule has 2 nitrogen and oxygen atoms in total. The molecular weight excluding hydrogens is 222 g/mol. The molecule has 0 saturated carbocycles. The fourth-order valence-electron chi connectivity index (χ4n) is 2.53. The molecule has 0 amide bonds. The lowest BCUT2D eigenvalue weighted by molar-refractivity contribution is 0.243. The van der Waals surface area contributed by atoms with E-state index in [4.69, 9.17) is 4.74 Å². The molecule has 1 N–H and O–H groups in total. The fraction of sp³-hybridized carbons (Fsp3) is 0.500. The van der Waals surface area contributed by atoms with Crippen molar-refractivity contribution >= 4 is 0 Å². The molecule has 1 atom stereocenters. The summed E-state index contributed by atoms with van der Waals surface area (Å²) in [6, 6.07) is 4.89. The largest absolute Gasteiger partial charge is 0.502 e. The maximum absolute atomic E-state index is 5.11. The highest BCUT2D eigenvalue weighted by Gasteiger charge is 2.10. The van der Waals surface area contributed by atoms with E-state index in [2.05, 4.69) is 51.7 Å². The molecule has 0 radical (unpaired) electrons. The van der Waals surface area contributed by atoms with Gasteiger partial charge < -0.3 is 10.1 Å². The van der Waals surface area contributed by atoms with Crippen molar-refractivity contribution in [3.63, 3.8) is 0 Å². The third-order valence-corrected chi connectivity index (χ3v) is 3.18. The van der Waals surface area contributed by atoms with Crippen LogP contribution in [0.15, 0.2) is 25.0 Å². The van der Waals surface area contributed by atoms with Gasteiger partial charge in [0.1, 0.15) is 0 Å². The first-order valence-electron chi connectivity index (χ1n) is 6.60. The average molecular weight is 247 g/mol. The smallest absolute Gasteiger partial charge is 0.0885 e. The first-order valence-corrected chi connectivity index (χ1v) is 6.60. The maximum Gasteiger partial charge on any atom is 0.0885 e. The molecule has 1 aromatic rings. The van der Waals surface area contributed by atoms with Crippen LogP contribution in [0.2, 0.25) is 0 Å². The molecule has 0 aliphatic carbocycles. The molecule has 0 heterocycles. The summed E-state index contributed by atoms with van der Waals surface area (Å²) in [5.74, 6) is 0. The minimum Gasteiger partial charge on any atom is -0.502 e. The van der Waals surface area contributed by atoms with Crippen molar-refractivity contribution < 1.29 is 4.74 Å². The first-order chi connectivity index (χ1) is 8.56. The van der Waals surface area contributed by atoms with Crippen LogP contribution in [0.4, 0.5) is 0 Å². The van der Waals surface area contributed by atoms with Crippen LogP contribution in [0, 0.1) is 20.8 Å². The highest BCUT2D eigenvalue weighted by Crippen LogP contribution is 2.23. The van der Waals surface area contributed by atoms with Crippen molar-refractivity contribution in [1.82, 2.24) is 5.32 Å². The Hall–Kier alpha value is -1.28. The van der Waals surface area contributed by atoms with Crippen molar-refractivity contribution in [2.45, 2.75) is 40.2 Å². The van der Waals surface area contributed by atoms with Gasteiger partial charge >= 0.3 is 0 Å². The second-order valence-electron chi connectivity index (χ2n) is 4.88. The van der Waals surface area contributed by atoms with Gasteiger partial charge in [-0.1, -0.05) is 24.3 Å². The summed E-state index contributed by atoms with van der Waals surface area (Å²) in [6.07, 6.45) is 2.50. The van der Waals surface area contributed by atoms with Crippen LogP contribution < -0.4 is 5.32 Å². The van der Waals surface area contributed by atoms with Crippen LogP contribution >= 0.6 is 0 Å². The van der Waals surface area contributed by atoms with Crippen molar-refractivity contribution in [2.75, 3.05) is 13.2 Å². The summed E-state index contributed by atoms with van der Waals surface area (Å²) in [4.78, 5) is 0. The third kappa shape index (κ3) is 4.19. The Morgan fingerprint density at radius 1 is 1.28 bits per heavy atom. The van der Waals surface area contributed by atoms with Crippen LogP contribution in [0.25, 0.3) is 0 Å². The lowest BCUT2D eigenvalue weighted by Crippen LogP contribution is -2.22. The molecule has 2 heteroatoms. The summed E-state index contributed by atoms with van der Waals surface area (Å²) in [6.45, 7) is 14.0. The summed E-state index contributed by atoms with van der Waals surface area (Å²) < 4.78 is 5.11. The lowest BCUT2D eigenvalue weighted by atomic mass is 9.95. The Labute approximate surface area is 111 Å². The van der Waals surface area contributed by atoms with Gasteiger partial charge in [-0.15, -0.1) is 0 Å². The average Bonchev–Trinajstić information content (AvgIpc) is 2.27. The second-order valence-corrected chi connectivity index (χ2v) is 4.88. The summed E-state index contributed by atoms with van der Waals surface area (Å²) in [5.41, 5.74) is 5.50. The zero-order valence-electron chi connectivity index (χ0n) is 12.0. The maximum atomic E-state index is 5.11. The second kappa shape index (κ2) is 7.22. The first kappa shape index (κ1) is 14.8. The van der Waals surface area contributed by atoms with Gasteiger partial charge in [0.05, 0.1) is 12.9 Å². The fourth-order valence-corrected chi connectivity index (χ4v) is 2.53. The Balaban J connectivity index is 2.56. The van der Waals surface area contributed by atoms with E-state index in [1.165, 1.54) is 28.5 Å². The van der Waals surface area contributed by atoms with Crippen molar-refractivity contribution in [2.24, 2.45) is 0 Å². The van der Waals surface area contributed by atoms with Crippen molar-refractivity contribution in [1.29, 1.82) is 0 Å². The Morgan fingerprint density at radius 2 is 1.89 bits per heavy atom. The van der Waals surface area contributed by atoms with Gasteiger partial charge in [-0.2, -0.15) is 0 Å². The Kier molecular flexibility index (Phi) is 5.93. The van der Waals surface area contributed by atoms with Gasteiger partial charge in [0.2, 0.25) is 0 Å². The van der Waals surface area contributed by atoms with Gasteiger partial charge in [0.25, 0.3) is 0 Å². The molecule has 0 aliphatic rings. The molecule has 0 aromatic heterocycles. The zero-order valence-corrected chi connectivity index (χ0v) is 12.0. The number of nitrogens with one attached hydrogen (secondary N) is 1. The van der Waals surface area contributed by atoms with Gasteiger partial charge in [-0.05, 0) is 57.4 Å². The quantitative estimate of drug-likeness (QED) is 0.584. The Bertz CT molecular complexity index is 375. The molecule has 0 aliphatic heterocycles. The highest BCUT2D eigenvalue weighted by atomic mass is 16.5. The van der Waals surface area contributed by atoms with Crippen LogP contribution in [0.3, 0.4) is 0 Å². The molecule has 100 valence electrons. The van der Waals surface area contributed by atoms with E-state index >= 15 is 0 Å². The van der Waals surface area contributed by atoms with E-state index in [0.717, 1.165) is 19.6 Å². The SMILES string of the molecule is C=COCCCNC(C)c1c(C)cc(C)cc1C. The summed E-state index contributed by atoms with van der Waals surface area (Å²) in [5, 5.41) is 3.54. The molecule has 0 bridgehead atoms. The van der Waals surface area contributed by atoms with E-state index in [9.17, 15) is 0 Å². The van der Waals surface area contributed by atoms with E-state index in [1.807, 2.05) is 0 Å². The number of ether oxygens (including phenoxy) is 1. The minimum absolute atomic E-state index is 0.384. The van der Waals surface area contributed by atoms with Gasteiger partial charge in [-0.3, -0.25) is 0 Å². The zero-order chi connectivity index (χ0) is 13.5. The minimum atomic E-state index is 0.384. The van der Waals surface area contributed by atoms with Crippen LogP contribution in [0.5, 0.6) is 0 Å². The third-order valence-electron chi connectivity index (χ3n) is 3.18. The lowest BCUT2D eigenvalue weighted by Gasteiger charge is -2.19. The number of aryl methyl sites for hydroxylation is 3. The van der Waals surface area contributed by atoms with E-state index in [0.29, 0.717) is 6.04 Å².